The maximum Gasteiger partial charge on any atom is 0.225 e. The summed E-state index contributed by atoms with van der Waals surface area (Å²) in [6.45, 7) is 4.79. The molecular formula is C21H30N2O3. The second-order valence-electron chi connectivity index (χ2n) is 7.56. The molecule has 1 aromatic carbocycles. The lowest BCUT2D eigenvalue weighted by atomic mass is 9.96. The Hall–Kier alpha value is -2.04. The van der Waals surface area contributed by atoms with Crippen molar-refractivity contribution in [2.75, 3.05) is 26.2 Å². The SMILES string of the molecule is Cc1ccc(OCCCCNC(=O)[C@@H]2CCCN(C(=O)C3CC3)C2)cc1. The number of aryl methyl sites for hydroxylation is 1. The number of benzene rings is 1. The smallest absolute Gasteiger partial charge is 0.225 e. The Morgan fingerprint density at radius 2 is 1.88 bits per heavy atom. The van der Waals surface area contributed by atoms with Crippen LogP contribution in [0.5, 0.6) is 5.75 Å². The van der Waals surface area contributed by atoms with Crippen LogP contribution in [-0.4, -0.2) is 43.0 Å². The number of nitrogens with zero attached hydrogens (tertiary/aromatic N) is 1. The van der Waals surface area contributed by atoms with Gasteiger partial charge in [0, 0.05) is 25.6 Å². The van der Waals surface area contributed by atoms with Gasteiger partial charge in [0.2, 0.25) is 11.8 Å². The Bertz CT molecular complexity index is 610. The van der Waals surface area contributed by atoms with E-state index >= 15 is 0 Å². The van der Waals surface area contributed by atoms with E-state index in [1.165, 1.54) is 5.56 Å². The van der Waals surface area contributed by atoms with Crippen LogP contribution in [0.1, 0.15) is 44.1 Å². The lowest BCUT2D eigenvalue weighted by Crippen LogP contribution is -2.46. The molecule has 142 valence electrons. The van der Waals surface area contributed by atoms with Gasteiger partial charge < -0.3 is 15.0 Å². The fourth-order valence-corrected chi connectivity index (χ4v) is 3.39. The summed E-state index contributed by atoms with van der Waals surface area (Å²) in [5.41, 5.74) is 1.22. The number of likely N-dealkylation sites (tertiary alicyclic amines) is 1. The first kappa shape index (κ1) is 18.7. The minimum Gasteiger partial charge on any atom is -0.494 e. The molecule has 2 fully saturated rings. The van der Waals surface area contributed by atoms with E-state index in [1.54, 1.807) is 0 Å². The van der Waals surface area contributed by atoms with E-state index in [9.17, 15) is 9.59 Å². The van der Waals surface area contributed by atoms with E-state index in [1.807, 2.05) is 29.2 Å². The van der Waals surface area contributed by atoms with Gasteiger partial charge in [-0.1, -0.05) is 17.7 Å². The Kier molecular flexibility index (Phi) is 6.53. The molecule has 0 unspecified atom stereocenters. The molecule has 26 heavy (non-hydrogen) atoms. The average molecular weight is 358 g/mol. The lowest BCUT2D eigenvalue weighted by Gasteiger charge is -2.32. The van der Waals surface area contributed by atoms with Gasteiger partial charge in [-0.05, 0) is 57.6 Å². The molecule has 2 amide bonds. The first-order chi connectivity index (χ1) is 12.6. The summed E-state index contributed by atoms with van der Waals surface area (Å²) in [6, 6.07) is 8.04. The molecule has 0 radical (unpaired) electrons. The molecule has 1 saturated carbocycles. The monoisotopic (exact) mass is 358 g/mol. The number of ether oxygens (including phenoxy) is 1. The summed E-state index contributed by atoms with van der Waals surface area (Å²) in [5, 5.41) is 3.03. The topological polar surface area (TPSA) is 58.6 Å². The van der Waals surface area contributed by atoms with Crippen molar-refractivity contribution in [3.05, 3.63) is 29.8 Å². The number of carbonyl (C=O) groups excluding carboxylic acids is 2. The van der Waals surface area contributed by atoms with Gasteiger partial charge in [0.1, 0.15) is 5.75 Å². The number of unbranched alkanes of at least 4 members (excludes halogenated alkanes) is 1. The Labute approximate surface area is 156 Å². The second kappa shape index (κ2) is 9.06. The first-order valence-corrected chi connectivity index (χ1v) is 9.89. The van der Waals surface area contributed by atoms with Gasteiger partial charge in [-0.3, -0.25) is 9.59 Å². The van der Waals surface area contributed by atoms with Crippen molar-refractivity contribution in [2.24, 2.45) is 11.8 Å². The molecule has 0 bridgehead atoms. The van der Waals surface area contributed by atoms with Crippen molar-refractivity contribution in [2.45, 2.75) is 45.4 Å². The third kappa shape index (κ3) is 5.48. The highest BCUT2D eigenvalue weighted by atomic mass is 16.5. The van der Waals surface area contributed by atoms with Crippen LogP contribution in [-0.2, 0) is 9.59 Å². The Morgan fingerprint density at radius 1 is 1.12 bits per heavy atom. The molecule has 1 aromatic rings. The summed E-state index contributed by atoms with van der Waals surface area (Å²) in [5.74, 6) is 1.44. The van der Waals surface area contributed by atoms with Crippen LogP contribution >= 0.6 is 0 Å². The highest BCUT2D eigenvalue weighted by Crippen LogP contribution is 2.32. The zero-order valence-corrected chi connectivity index (χ0v) is 15.7. The highest BCUT2D eigenvalue weighted by Gasteiger charge is 2.36. The number of hydrogen-bond acceptors (Lipinski definition) is 3. The van der Waals surface area contributed by atoms with E-state index in [2.05, 4.69) is 12.2 Å². The molecule has 0 spiro atoms. The molecule has 1 aliphatic carbocycles. The van der Waals surface area contributed by atoms with Gasteiger partial charge in [0.05, 0.1) is 12.5 Å². The number of carbonyl (C=O) groups is 2. The summed E-state index contributed by atoms with van der Waals surface area (Å²) < 4.78 is 5.70. The third-order valence-electron chi connectivity index (χ3n) is 5.19. The van der Waals surface area contributed by atoms with Crippen LogP contribution in [0, 0.1) is 18.8 Å². The van der Waals surface area contributed by atoms with E-state index in [4.69, 9.17) is 4.74 Å². The molecule has 0 aromatic heterocycles. The Morgan fingerprint density at radius 3 is 2.62 bits per heavy atom. The van der Waals surface area contributed by atoms with Crippen LogP contribution in [0.4, 0.5) is 0 Å². The zero-order chi connectivity index (χ0) is 18.4. The highest BCUT2D eigenvalue weighted by molar-refractivity contribution is 5.83. The number of piperidine rings is 1. The summed E-state index contributed by atoms with van der Waals surface area (Å²) in [6.07, 6.45) is 5.67. The van der Waals surface area contributed by atoms with Crippen LogP contribution in [0.25, 0.3) is 0 Å². The molecule has 5 heteroatoms. The minimum atomic E-state index is -0.0461. The average Bonchev–Trinajstić information content (AvgIpc) is 3.50. The second-order valence-corrected chi connectivity index (χ2v) is 7.56. The van der Waals surface area contributed by atoms with Crippen LogP contribution < -0.4 is 10.1 Å². The van der Waals surface area contributed by atoms with Crippen LogP contribution in [0.15, 0.2) is 24.3 Å². The van der Waals surface area contributed by atoms with E-state index in [0.717, 1.165) is 50.8 Å². The molecule has 1 atom stereocenters. The van der Waals surface area contributed by atoms with E-state index in [0.29, 0.717) is 19.7 Å². The predicted molar refractivity (Wildman–Crippen MR) is 101 cm³/mol. The van der Waals surface area contributed by atoms with Crippen molar-refractivity contribution in [3.63, 3.8) is 0 Å². The normalized spacial score (nSPS) is 19.9. The van der Waals surface area contributed by atoms with Crippen molar-refractivity contribution >= 4 is 11.8 Å². The van der Waals surface area contributed by atoms with Gasteiger partial charge in [0.25, 0.3) is 0 Å². The van der Waals surface area contributed by atoms with Crippen molar-refractivity contribution < 1.29 is 14.3 Å². The minimum absolute atomic E-state index is 0.0461. The Balaban J connectivity index is 1.28. The number of rotatable bonds is 8. The maximum atomic E-state index is 12.4. The number of amides is 2. The standard InChI is InChI=1S/C21H30N2O3/c1-16-6-10-19(11-7-16)26-14-3-2-12-22-20(24)18-5-4-13-23(15-18)21(25)17-8-9-17/h6-7,10-11,17-18H,2-5,8-9,12-15H2,1H3,(H,22,24)/t18-/m1/s1. The van der Waals surface area contributed by atoms with Crippen molar-refractivity contribution in [1.29, 1.82) is 0 Å². The van der Waals surface area contributed by atoms with Gasteiger partial charge >= 0.3 is 0 Å². The van der Waals surface area contributed by atoms with Crippen LogP contribution in [0.3, 0.4) is 0 Å². The van der Waals surface area contributed by atoms with E-state index < -0.39 is 0 Å². The van der Waals surface area contributed by atoms with Crippen molar-refractivity contribution in [3.8, 4) is 5.75 Å². The zero-order valence-electron chi connectivity index (χ0n) is 15.7. The molecule has 5 nitrogen and oxygen atoms in total. The first-order valence-electron chi connectivity index (χ1n) is 9.89. The molecule has 2 aliphatic rings. The predicted octanol–water partition coefficient (Wildman–Crippen LogP) is 2.92. The molecule has 1 N–H and O–H groups in total. The quantitative estimate of drug-likeness (QED) is 0.727. The summed E-state index contributed by atoms with van der Waals surface area (Å²) >= 11 is 0. The summed E-state index contributed by atoms with van der Waals surface area (Å²) in [7, 11) is 0. The lowest BCUT2D eigenvalue weighted by molar-refractivity contribution is -0.136. The molecular weight excluding hydrogens is 328 g/mol. The van der Waals surface area contributed by atoms with Gasteiger partial charge in [0.15, 0.2) is 0 Å². The van der Waals surface area contributed by atoms with Gasteiger partial charge in [-0.25, -0.2) is 0 Å². The molecule has 1 saturated heterocycles. The van der Waals surface area contributed by atoms with E-state index in [-0.39, 0.29) is 23.7 Å². The fourth-order valence-electron chi connectivity index (χ4n) is 3.39. The van der Waals surface area contributed by atoms with Crippen LogP contribution in [0.2, 0.25) is 0 Å². The molecule has 1 heterocycles. The summed E-state index contributed by atoms with van der Waals surface area (Å²) in [4.78, 5) is 26.4. The number of nitrogens with one attached hydrogen (secondary N) is 1. The van der Waals surface area contributed by atoms with Crippen molar-refractivity contribution in [1.82, 2.24) is 10.2 Å². The van der Waals surface area contributed by atoms with Gasteiger partial charge in [-0.2, -0.15) is 0 Å². The number of hydrogen-bond donors (Lipinski definition) is 1. The van der Waals surface area contributed by atoms with Gasteiger partial charge in [-0.15, -0.1) is 0 Å². The maximum absolute atomic E-state index is 12.4. The fraction of sp³-hybridized carbons (Fsp3) is 0.619. The third-order valence-corrected chi connectivity index (χ3v) is 5.19. The molecule has 1 aliphatic heterocycles. The largest absolute Gasteiger partial charge is 0.494 e. The molecule has 3 rings (SSSR count).